The van der Waals surface area contributed by atoms with E-state index in [1.165, 1.54) is 15.8 Å². The maximum atomic E-state index is 12.2. The van der Waals surface area contributed by atoms with Crippen molar-refractivity contribution in [1.29, 1.82) is 0 Å². The van der Waals surface area contributed by atoms with Gasteiger partial charge in [0.1, 0.15) is 11.3 Å². The highest BCUT2D eigenvalue weighted by molar-refractivity contribution is 5.94. The van der Waals surface area contributed by atoms with E-state index in [1.54, 1.807) is 27.1 Å². The third kappa shape index (κ3) is 2.97. The predicted octanol–water partition coefficient (Wildman–Crippen LogP) is 2.92. The molecule has 0 saturated heterocycles. The fourth-order valence-corrected chi connectivity index (χ4v) is 2.87. The highest BCUT2D eigenvalue weighted by Gasteiger charge is 2.18. The zero-order chi connectivity index (χ0) is 17.3. The van der Waals surface area contributed by atoms with Crippen LogP contribution in [-0.4, -0.2) is 29.9 Å². The number of nitrogens with zero attached hydrogens (tertiary/aromatic N) is 1. The van der Waals surface area contributed by atoms with E-state index >= 15 is 0 Å². The van der Waals surface area contributed by atoms with Gasteiger partial charge >= 0.3 is 5.63 Å². The fourth-order valence-electron chi connectivity index (χ4n) is 2.87. The van der Waals surface area contributed by atoms with Crippen LogP contribution in [0.1, 0.15) is 27.2 Å². The Bertz CT molecular complexity index is 951. The second kappa shape index (κ2) is 6.35. The molecule has 1 N–H and O–H groups in total. The Hall–Kier alpha value is -2.82. The molecule has 0 aliphatic rings. The molecule has 0 bridgehead atoms. The summed E-state index contributed by atoms with van der Waals surface area (Å²) in [5.41, 5.74) is 2.47. The van der Waals surface area contributed by atoms with Gasteiger partial charge < -0.3 is 14.3 Å². The molecule has 5 heteroatoms. The SMILES string of the molecule is Cc1cc(CCc2c[nH]c3ccccc23)oc(=O)c1C(=O)N(C)C. The summed E-state index contributed by atoms with van der Waals surface area (Å²) in [5.74, 6) is 0.266. The lowest BCUT2D eigenvalue weighted by Crippen LogP contribution is -2.28. The fraction of sp³-hybridized carbons (Fsp3) is 0.263. The number of nitrogens with one attached hydrogen (secondary N) is 1. The molecule has 0 saturated carbocycles. The van der Waals surface area contributed by atoms with E-state index in [4.69, 9.17) is 4.42 Å². The summed E-state index contributed by atoms with van der Waals surface area (Å²) in [6.07, 6.45) is 3.35. The Labute approximate surface area is 139 Å². The normalized spacial score (nSPS) is 11.0. The van der Waals surface area contributed by atoms with Gasteiger partial charge in [0, 0.05) is 37.6 Å². The summed E-state index contributed by atoms with van der Waals surface area (Å²) < 4.78 is 5.36. The van der Waals surface area contributed by atoms with Gasteiger partial charge in [0.05, 0.1) is 0 Å². The molecular weight excluding hydrogens is 304 g/mol. The molecule has 0 aliphatic heterocycles. The summed E-state index contributed by atoms with van der Waals surface area (Å²) >= 11 is 0. The second-order valence-corrected chi connectivity index (χ2v) is 6.12. The maximum Gasteiger partial charge on any atom is 0.349 e. The van der Waals surface area contributed by atoms with Crippen molar-refractivity contribution in [1.82, 2.24) is 9.88 Å². The number of rotatable bonds is 4. The van der Waals surface area contributed by atoms with Crippen molar-refractivity contribution in [2.24, 2.45) is 0 Å². The molecule has 3 aromatic rings. The summed E-state index contributed by atoms with van der Waals surface area (Å²) in [4.78, 5) is 28.8. The molecule has 0 aliphatic carbocycles. The molecule has 0 fully saturated rings. The lowest BCUT2D eigenvalue weighted by Gasteiger charge is -2.11. The molecule has 1 aromatic carbocycles. The molecule has 0 unspecified atom stereocenters. The van der Waals surface area contributed by atoms with E-state index in [0.717, 1.165) is 11.9 Å². The van der Waals surface area contributed by atoms with Crippen molar-refractivity contribution in [3.8, 4) is 0 Å². The van der Waals surface area contributed by atoms with E-state index in [0.29, 0.717) is 17.7 Å². The van der Waals surface area contributed by atoms with Crippen LogP contribution in [0.4, 0.5) is 0 Å². The minimum absolute atomic E-state index is 0.107. The molecule has 5 nitrogen and oxygen atoms in total. The average molecular weight is 324 g/mol. The number of aryl methyl sites for hydroxylation is 3. The molecule has 24 heavy (non-hydrogen) atoms. The molecule has 0 spiro atoms. The van der Waals surface area contributed by atoms with Crippen LogP contribution in [0.2, 0.25) is 0 Å². The van der Waals surface area contributed by atoms with Crippen molar-refractivity contribution in [3.05, 3.63) is 69.4 Å². The van der Waals surface area contributed by atoms with Crippen molar-refractivity contribution < 1.29 is 9.21 Å². The van der Waals surface area contributed by atoms with Crippen LogP contribution in [0.15, 0.2) is 45.7 Å². The minimum atomic E-state index is -0.567. The Morgan fingerprint density at radius 2 is 1.96 bits per heavy atom. The first kappa shape index (κ1) is 16.1. The molecule has 3 rings (SSSR count). The minimum Gasteiger partial charge on any atom is -0.427 e. The van der Waals surface area contributed by atoms with Gasteiger partial charge in [-0.2, -0.15) is 0 Å². The van der Waals surface area contributed by atoms with E-state index in [1.807, 2.05) is 24.4 Å². The molecular formula is C19H20N2O3. The van der Waals surface area contributed by atoms with Crippen LogP contribution in [0.3, 0.4) is 0 Å². The molecule has 0 radical (unpaired) electrons. The van der Waals surface area contributed by atoms with Crippen molar-refractivity contribution in [2.45, 2.75) is 19.8 Å². The number of amides is 1. The van der Waals surface area contributed by atoms with Crippen LogP contribution in [-0.2, 0) is 12.8 Å². The van der Waals surface area contributed by atoms with Gasteiger partial charge in [-0.25, -0.2) is 4.79 Å². The van der Waals surface area contributed by atoms with Crippen molar-refractivity contribution in [2.75, 3.05) is 14.1 Å². The maximum absolute atomic E-state index is 12.2. The summed E-state index contributed by atoms with van der Waals surface area (Å²) in [7, 11) is 3.23. The number of carbonyl (C=O) groups is 1. The molecule has 124 valence electrons. The van der Waals surface area contributed by atoms with E-state index in [9.17, 15) is 9.59 Å². The first-order chi connectivity index (χ1) is 11.5. The number of hydrogen-bond acceptors (Lipinski definition) is 3. The van der Waals surface area contributed by atoms with Gasteiger partial charge in [-0.15, -0.1) is 0 Å². The number of aromatic nitrogens is 1. The van der Waals surface area contributed by atoms with Crippen LogP contribution >= 0.6 is 0 Å². The average Bonchev–Trinajstić information content (AvgIpc) is 2.95. The molecule has 0 atom stereocenters. The second-order valence-electron chi connectivity index (χ2n) is 6.12. The standard InChI is InChI=1S/C19H20N2O3/c1-12-10-14(24-19(23)17(12)18(22)21(2)3)9-8-13-11-20-16-7-5-4-6-15(13)16/h4-7,10-11,20H,8-9H2,1-3H3. The summed E-state index contributed by atoms with van der Waals surface area (Å²) in [6, 6.07) is 9.89. The summed E-state index contributed by atoms with van der Waals surface area (Å²) in [6.45, 7) is 1.77. The van der Waals surface area contributed by atoms with Crippen LogP contribution in [0.5, 0.6) is 0 Å². The van der Waals surface area contributed by atoms with Crippen molar-refractivity contribution >= 4 is 16.8 Å². The number of para-hydroxylation sites is 1. The van der Waals surface area contributed by atoms with Crippen molar-refractivity contribution in [3.63, 3.8) is 0 Å². The first-order valence-corrected chi connectivity index (χ1v) is 7.87. The largest absolute Gasteiger partial charge is 0.427 e. The van der Waals surface area contributed by atoms with Gasteiger partial charge in [-0.05, 0) is 36.6 Å². The van der Waals surface area contributed by atoms with Gasteiger partial charge in [-0.3, -0.25) is 4.79 Å². The van der Waals surface area contributed by atoms with E-state index in [-0.39, 0.29) is 11.5 Å². The topological polar surface area (TPSA) is 66.3 Å². The zero-order valence-electron chi connectivity index (χ0n) is 14.1. The Morgan fingerprint density at radius 1 is 1.21 bits per heavy atom. The van der Waals surface area contributed by atoms with E-state index in [2.05, 4.69) is 11.1 Å². The number of H-pyrrole nitrogens is 1. The number of fused-ring (bicyclic) bond motifs is 1. The van der Waals surface area contributed by atoms with Gasteiger partial charge in [0.2, 0.25) is 0 Å². The van der Waals surface area contributed by atoms with E-state index < -0.39 is 5.63 Å². The van der Waals surface area contributed by atoms with Gasteiger partial charge in [0.25, 0.3) is 5.91 Å². The lowest BCUT2D eigenvalue weighted by molar-refractivity contribution is 0.0822. The van der Waals surface area contributed by atoms with Crippen LogP contribution in [0.25, 0.3) is 10.9 Å². The molecule has 2 heterocycles. The van der Waals surface area contributed by atoms with Gasteiger partial charge in [-0.1, -0.05) is 18.2 Å². The first-order valence-electron chi connectivity index (χ1n) is 7.87. The smallest absolute Gasteiger partial charge is 0.349 e. The molecule has 1 amide bonds. The van der Waals surface area contributed by atoms with Gasteiger partial charge in [0.15, 0.2) is 0 Å². The monoisotopic (exact) mass is 324 g/mol. The Balaban J connectivity index is 1.84. The number of aromatic amines is 1. The Morgan fingerprint density at radius 3 is 2.67 bits per heavy atom. The highest BCUT2D eigenvalue weighted by Crippen LogP contribution is 2.19. The number of carbonyl (C=O) groups excluding carboxylic acids is 1. The third-order valence-electron chi connectivity index (χ3n) is 4.14. The third-order valence-corrected chi connectivity index (χ3v) is 4.14. The predicted molar refractivity (Wildman–Crippen MR) is 93.4 cm³/mol. The lowest BCUT2D eigenvalue weighted by atomic mass is 10.1. The van der Waals surface area contributed by atoms with Crippen LogP contribution < -0.4 is 5.63 Å². The zero-order valence-corrected chi connectivity index (χ0v) is 14.1. The Kier molecular flexibility index (Phi) is 4.25. The number of hydrogen-bond donors (Lipinski definition) is 1. The molecule has 2 aromatic heterocycles. The van der Waals surface area contributed by atoms with Crippen LogP contribution in [0, 0.1) is 6.92 Å². The highest BCUT2D eigenvalue weighted by atomic mass is 16.4. The summed E-state index contributed by atoms with van der Waals surface area (Å²) in [5, 5.41) is 1.18. The number of benzene rings is 1. The quantitative estimate of drug-likeness (QED) is 0.802.